The Bertz CT molecular complexity index is 938. The summed E-state index contributed by atoms with van der Waals surface area (Å²) in [7, 11) is 0. The molecule has 1 aliphatic heterocycles. The molecule has 4 heteroatoms. The first kappa shape index (κ1) is 16.1. The van der Waals surface area contributed by atoms with Crippen molar-refractivity contribution in [1.29, 1.82) is 0 Å². The lowest BCUT2D eigenvalue weighted by Crippen LogP contribution is -2.37. The Morgan fingerprint density at radius 1 is 1.04 bits per heavy atom. The van der Waals surface area contributed by atoms with Gasteiger partial charge in [-0.3, -0.25) is 9.69 Å². The van der Waals surface area contributed by atoms with Gasteiger partial charge >= 0.3 is 0 Å². The zero-order valence-electron chi connectivity index (χ0n) is 14.4. The van der Waals surface area contributed by atoms with E-state index in [1.807, 2.05) is 18.2 Å². The Kier molecular flexibility index (Phi) is 4.38. The zero-order chi connectivity index (χ0) is 17.2. The fourth-order valence-corrected chi connectivity index (χ4v) is 3.47. The van der Waals surface area contributed by atoms with E-state index in [0.717, 1.165) is 53.9 Å². The number of rotatable bonds is 3. The number of fused-ring (bicyclic) bond motifs is 1. The van der Waals surface area contributed by atoms with Crippen molar-refractivity contribution >= 4 is 10.9 Å². The van der Waals surface area contributed by atoms with Crippen molar-refractivity contribution in [1.82, 2.24) is 9.88 Å². The van der Waals surface area contributed by atoms with E-state index in [4.69, 9.17) is 4.74 Å². The van der Waals surface area contributed by atoms with Crippen molar-refractivity contribution in [2.24, 2.45) is 0 Å². The fraction of sp³-hybridized carbons (Fsp3) is 0.286. The number of H-pyrrole nitrogens is 1. The van der Waals surface area contributed by atoms with Crippen molar-refractivity contribution in [2.75, 3.05) is 26.3 Å². The first-order valence-corrected chi connectivity index (χ1v) is 8.73. The van der Waals surface area contributed by atoms with Crippen LogP contribution in [-0.4, -0.2) is 36.2 Å². The molecule has 128 valence electrons. The number of nitrogens with zero attached hydrogens (tertiary/aromatic N) is 1. The SMILES string of the molecule is Cc1ccc(-c2c(CN3CCOCC3)c(=O)[nH]c3ccccc23)cc1. The Morgan fingerprint density at radius 3 is 2.52 bits per heavy atom. The molecule has 4 nitrogen and oxygen atoms in total. The molecule has 0 amide bonds. The van der Waals surface area contributed by atoms with Gasteiger partial charge in [0.1, 0.15) is 0 Å². The summed E-state index contributed by atoms with van der Waals surface area (Å²) in [6, 6.07) is 16.5. The third-order valence-electron chi connectivity index (χ3n) is 4.85. The highest BCUT2D eigenvalue weighted by atomic mass is 16.5. The molecule has 1 N–H and O–H groups in total. The highest BCUT2D eigenvalue weighted by molar-refractivity contribution is 5.96. The lowest BCUT2D eigenvalue weighted by atomic mass is 9.95. The van der Waals surface area contributed by atoms with Gasteiger partial charge in [-0.25, -0.2) is 0 Å². The Morgan fingerprint density at radius 2 is 1.76 bits per heavy atom. The minimum absolute atomic E-state index is 0.000710. The van der Waals surface area contributed by atoms with Crippen LogP contribution in [-0.2, 0) is 11.3 Å². The Hall–Kier alpha value is -2.43. The van der Waals surface area contributed by atoms with Crippen LogP contribution in [0.3, 0.4) is 0 Å². The number of aryl methyl sites for hydroxylation is 1. The molecule has 0 unspecified atom stereocenters. The number of nitrogens with one attached hydrogen (secondary N) is 1. The van der Waals surface area contributed by atoms with Crippen molar-refractivity contribution < 1.29 is 4.74 Å². The molecule has 4 rings (SSSR count). The second kappa shape index (κ2) is 6.82. The molecule has 25 heavy (non-hydrogen) atoms. The van der Waals surface area contributed by atoms with Gasteiger partial charge < -0.3 is 9.72 Å². The molecular formula is C21H22N2O2. The van der Waals surface area contributed by atoms with E-state index in [0.29, 0.717) is 6.54 Å². The first-order valence-electron chi connectivity index (χ1n) is 8.73. The van der Waals surface area contributed by atoms with Crippen molar-refractivity contribution in [2.45, 2.75) is 13.5 Å². The van der Waals surface area contributed by atoms with E-state index in [2.05, 4.69) is 47.1 Å². The summed E-state index contributed by atoms with van der Waals surface area (Å²) in [5.41, 5.74) is 5.08. The van der Waals surface area contributed by atoms with E-state index in [1.54, 1.807) is 0 Å². The molecular weight excluding hydrogens is 312 g/mol. The van der Waals surface area contributed by atoms with Crippen LogP contribution in [0.2, 0.25) is 0 Å². The monoisotopic (exact) mass is 334 g/mol. The first-order chi connectivity index (χ1) is 12.2. The molecule has 2 heterocycles. The molecule has 0 saturated carbocycles. The number of benzene rings is 2. The highest BCUT2D eigenvalue weighted by Gasteiger charge is 2.18. The maximum atomic E-state index is 12.9. The van der Waals surface area contributed by atoms with Crippen LogP contribution < -0.4 is 5.56 Å². The summed E-state index contributed by atoms with van der Waals surface area (Å²) in [5, 5.41) is 1.09. The van der Waals surface area contributed by atoms with E-state index < -0.39 is 0 Å². The predicted molar refractivity (Wildman–Crippen MR) is 101 cm³/mol. The summed E-state index contributed by atoms with van der Waals surface area (Å²) in [4.78, 5) is 18.2. The normalized spacial score (nSPS) is 15.6. The maximum Gasteiger partial charge on any atom is 0.253 e. The second-order valence-corrected chi connectivity index (χ2v) is 6.61. The van der Waals surface area contributed by atoms with Gasteiger partial charge in [-0.05, 0) is 18.6 Å². The van der Waals surface area contributed by atoms with Gasteiger partial charge in [-0.15, -0.1) is 0 Å². The van der Waals surface area contributed by atoms with Crippen LogP contribution in [0.5, 0.6) is 0 Å². The molecule has 3 aromatic rings. The zero-order valence-corrected chi connectivity index (χ0v) is 14.4. The molecule has 0 spiro atoms. The second-order valence-electron chi connectivity index (χ2n) is 6.61. The van der Waals surface area contributed by atoms with Crippen LogP contribution in [0, 0.1) is 6.92 Å². The van der Waals surface area contributed by atoms with Crippen molar-refractivity contribution in [3.05, 3.63) is 70.0 Å². The Balaban J connectivity index is 1.90. The summed E-state index contributed by atoms with van der Waals surface area (Å²) < 4.78 is 5.44. The maximum absolute atomic E-state index is 12.9. The summed E-state index contributed by atoms with van der Waals surface area (Å²) in [6.07, 6.45) is 0. The van der Waals surface area contributed by atoms with Gasteiger partial charge in [-0.1, -0.05) is 48.0 Å². The number of para-hydroxylation sites is 1. The molecule has 0 aliphatic carbocycles. The summed E-state index contributed by atoms with van der Waals surface area (Å²) in [5.74, 6) is 0. The summed E-state index contributed by atoms with van der Waals surface area (Å²) in [6.45, 7) is 5.90. The summed E-state index contributed by atoms with van der Waals surface area (Å²) >= 11 is 0. The van der Waals surface area contributed by atoms with Crippen LogP contribution >= 0.6 is 0 Å². The third-order valence-corrected chi connectivity index (χ3v) is 4.85. The molecule has 1 aliphatic rings. The molecule has 0 atom stereocenters. The van der Waals surface area contributed by atoms with Gasteiger partial charge in [0.2, 0.25) is 0 Å². The number of hydrogen-bond acceptors (Lipinski definition) is 3. The molecule has 0 bridgehead atoms. The topological polar surface area (TPSA) is 45.3 Å². The molecule has 1 aromatic heterocycles. The minimum atomic E-state index is 0.000710. The fourth-order valence-electron chi connectivity index (χ4n) is 3.47. The average molecular weight is 334 g/mol. The van der Waals surface area contributed by atoms with Gasteiger partial charge in [0, 0.05) is 41.7 Å². The van der Waals surface area contributed by atoms with Gasteiger partial charge in [0.25, 0.3) is 5.56 Å². The van der Waals surface area contributed by atoms with Gasteiger partial charge in [0.15, 0.2) is 0 Å². The van der Waals surface area contributed by atoms with Crippen molar-refractivity contribution in [3.63, 3.8) is 0 Å². The number of hydrogen-bond donors (Lipinski definition) is 1. The largest absolute Gasteiger partial charge is 0.379 e. The molecule has 2 aromatic carbocycles. The lowest BCUT2D eigenvalue weighted by molar-refractivity contribution is 0.0341. The van der Waals surface area contributed by atoms with Crippen molar-refractivity contribution in [3.8, 4) is 11.1 Å². The number of ether oxygens (including phenoxy) is 1. The third kappa shape index (κ3) is 3.23. The Labute approximate surface area is 147 Å². The number of pyridine rings is 1. The molecule has 0 radical (unpaired) electrons. The molecule has 1 fully saturated rings. The van der Waals surface area contributed by atoms with Crippen LogP contribution in [0.15, 0.2) is 53.3 Å². The van der Waals surface area contributed by atoms with E-state index >= 15 is 0 Å². The van der Waals surface area contributed by atoms with E-state index in [-0.39, 0.29) is 5.56 Å². The molecule has 1 saturated heterocycles. The van der Waals surface area contributed by atoms with E-state index in [9.17, 15) is 4.79 Å². The average Bonchev–Trinajstić information content (AvgIpc) is 2.64. The van der Waals surface area contributed by atoms with Crippen LogP contribution in [0.25, 0.3) is 22.0 Å². The predicted octanol–water partition coefficient (Wildman–Crippen LogP) is 3.34. The lowest BCUT2D eigenvalue weighted by Gasteiger charge is -2.27. The van der Waals surface area contributed by atoms with E-state index in [1.165, 1.54) is 5.56 Å². The standard InChI is InChI=1S/C21H22N2O2/c1-15-6-8-16(9-7-15)20-17-4-2-3-5-19(17)22-21(24)18(20)14-23-10-12-25-13-11-23/h2-9H,10-14H2,1H3,(H,22,24). The van der Waals surface area contributed by atoms with Gasteiger partial charge in [0.05, 0.1) is 13.2 Å². The van der Waals surface area contributed by atoms with Gasteiger partial charge in [-0.2, -0.15) is 0 Å². The smallest absolute Gasteiger partial charge is 0.253 e. The van der Waals surface area contributed by atoms with Crippen LogP contribution in [0.1, 0.15) is 11.1 Å². The number of aromatic nitrogens is 1. The minimum Gasteiger partial charge on any atom is -0.379 e. The highest BCUT2D eigenvalue weighted by Crippen LogP contribution is 2.30. The number of aromatic amines is 1. The van der Waals surface area contributed by atoms with Crippen LogP contribution in [0.4, 0.5) is 0 Å². The quantitative estimate of drug-likeness (QED) is 0.799. The number of morpholine rings is 1.